The molecule has 0 spiro atoms. The van der Waals surface area contributed by atoms with Gasteiger partial charge in [0.05, 0.1) is 12.2 Å². The lowest BCUT2D eigenvalue weighted by molar-refractivity contribution is -0.137. The van der Waals surface area contributed by atoms with Gasteiger partial charge in [-0.3, -0.25) is 9.59 Å². The molecule has 3 rings (SSSR count). The van der Waals surface area contributed by atoms with E-state index in [2.05, 4.69) is 11.8 Å². The number of rotatable bonds is 4. The van der Waals surface area contributed by atoms with E-state index in [1.807, 2.05) is 48.5 Å². The molecule has 0 aliphatic carbocycles. The van der Waals surface area contributed by atoms with E-state index < -0.39 is 5.97 Å². The number of carbonyl (C=O) groups is 2. The fourth-order valence-corrected chi connectivity index (χ4v) is 2.73. The van der Waals surface area contributed by atoms with Crippen molar-refractivity contribution in [3.8, 4) is 11.8 Å². The minimum absolute atomic E-state index is 0.00236. The number of anilines is 1. The Morgan fingerprint density at radius 2 is 1.62 bits per heavy atom. The minimum atomic E-state index is -0.882. The minimum Gasteiger partial charge on any atom is -0.481 e. The Hall–Kier alpha value is -3.06. The maximum Gasteiger partial charge on any atom is 0.303 e. The van der Waals surface area contributed by atoms with Gasteiger partial charge in [0, 0.05) is 24.0 Å². The average Bonchev–Trinajstić information content (AvgIpc) is 2.56. The Kier molecular flexibility index (Phi) is 4.62. The van der Waals surface area contributed by atoms with Crippen molar-refractivity contribution in [2.45, 2.75) is 25.8 Å². The molecule has 0 saturated heterocycles. The predicted octanol–water partition coefficient (Wildman–Crippen LogP) is 3.19. The van der Waals surface area contributed by atoms with E-state index >= 15 is 0 Å². The molecule has 4 nitrogen and oxygen atoms in total. The van der Waals surface area contributed by atoms with Crippen LogP contribution in [0.25, 0.3) is 0 Å². The molecule has 4 heteroatoms. The molecule has 0 aromatic heterocycles. The molecule has 2 aromatic rings. The fourth-order valence-electron chi connectivity index (χ4n) is 2.73. The monoisotopic (exact) mass is 319 g/mol. The van der Waals surface area contributed by atoms with E-state index in [0.29, 0.717) is 13.0 Å². The van der Waals surface area contributed by atoms with Crippen LogP contribution in [0.4, 0.5) is 5.69 Å². The number of amides is 1. The number of para-hydroxylation sites is 1. The molecule has 0 saturated carbocycles. The van der Waals surface area contributed by atoms with Crippen LogP contribution in [-0.4, -0.2) is 17.0 Å². The van der Waals surface area contributed by atoms with Gasteiger partial charge in [0.2, 0.25) is 5.91 Å². The second kappa shape index (κ2) is 7.01. The molecule has 1 heterocycles. The van der Waals surface area contributed by atoms with Crippen molar-refractivity contribution in [3.05, 3.63) is 65.2 Å². The van der Waals surface area contributed by atoms with Crippen molar-refractivity contribution in [2.24, 2.45) is 0 Å². The molecule has 120 valence electrons. The molecular formula is C20H17NO3. The van der Waals surface area contributed by atoms with Crippen LogP contribution < -0.4 is 4.90 Å². The van der Waals surface area contributed by atoms with Crippen molar-refractivity contribution in [1.82, 2.24) is 0 Å². The maximum absolute atomic E-state index is 12.7. The Morgan fingerprint density at radius 1 is 0.958 bits per heavy atom. The van der Waals surface area contributed by atoms with Gasteiger partial charge in [-0.25, -0.2) is 0 Å². The Balaban J connectivity index is 1.95. The smallest absolute Gasteiger partial charge is 0.303 e. The highest BCUT2D eigenvalue weighted by Crippen LogP contribution is 2.26. The molecular weight excluding hydrogens is 302 g/mol. The summed E-state index contributed by atoms with van der Waals surface area (Å²) < 4.78 is 0. The van der Waals surface area contributed by atoms with Gasteiger partial charge >= 0.3 is 5.97 Å². The van der Waals surface area contributed by atoms with E-state index in [1.54, 1.807) is 4.90 Å². The zero-order valence-corrected chi connectivity index (χ0v) is 13.2. The van der Waals surface area contributed by atoms with Crippen LogP contribution in [0, 0.1) is 11.8 Å². The highest BCUT2D eigenvalue weighted by atomic mass is 16.4. The zero-order valence-electron chi connectivity index (χ0n) is 13.2. The van der Waals surface area contributed by atoms with Gasteiger partial charge in [-0.2, -0.15) is 0 Å². The van der Waals surface area contributed by atoms with Crippen LogP contribution in [-0.2, 0) is 16.1 Å². The lowest BCUT2D eigenvalue weighted by Crippen LogP contribution is -2.31. The molecule has 0 fully saturated rings. The van der Waals surface area contributed by atoms with Crippen LogP contribution in [0.5, 0.6) is 0 Å². The Bertz CT molecular complexity index is 845. The fraction of sp³-hybridized carbons (Fsp3) is 0.200. The summed E-state index contributed by atoms with van der Waals surface area (Å²) in [6, 6.07) is 15.3. The molecule has 1 N–H and O–H groups in total. The number of hydrogen-bond donors (Lipinski definition) is 1. The van der Waals surface area contributed by atoms with Gasteiger partial charge in [-0.1, -0.05) is 42.2 Å². The SMILES string of the molecule is O=C(O)CCCC(=O)N1Cc2ccccc2C#Cc2ccccc21. The van der Waals surface area contributed by atoms with E-state index in [9.17, 15) is 9.59 Å². The Morgan fingerprint density at radius 3 is 2.42 bits per heavy atom. The van der Waals surface area contributed by atoms with Gasteiger partial charge in [0.25, 0.3) is 0 Å². The largest absolute Gasteiger partial charge is 0.481 e. The molecule has 1 aliphatic rings. The van der Waals surface area contributed by atoms with E-state index in [1.165, 1.54) is 0 Å². The first-order chi connectivity index (χ1) is 11.6. The average molecular weight is 319 g/mol. The van der Waals surface area contributed by atoms with Crippen LogP contribution in [0.2, 0.25) is 0 Å². The van der Waals surface area contributed by atoms with E-state index in [0.717, 1.165) is 22.4 Å². The number of carboxylic acid groups (broad SMARTS) is 1. The van der Waals surface area contributed by atoms with Gasteiger partial charge in [-0.15, -0.1) is 0 Å². The van der Waals surface area contributed by atoms with Gasteiger partial charge < -0.3 is 10.0 Å². The first-order valence-electron chi connectivity index (χ1n) is 7.86. The van der Waals surface area contributed by atoms with Crippen LogP contribution >= 0.6 is 0 Å². The summed E-state index contributed by atoms with van der Waals surface area (Å²) in [6.07, 6.45) is 0.536. The second-order valence-electron chi connectivity index (χ2n) is 5.65. The summed E-state index contributed by atoms with van der Waals surface area (Å²) in [5, 5.41) is 8.76. The first-order valence-corrected chi connectivity index (χ1v) is 7.86. The number of carbonyl (C=O) groups excluding carboxylic acids is 1. The molecule has 1 aliphatic heterocycles. The molecule has 0 atom stereocenters. The van der Waals surface area contributed by atoms with Crippen molar-refractivity contribution in [2.75, 3.05) is 4.90 Å². The lowest BCUT2D eigenvalue weighted by atomic mass is 10.0. The van der Waals surface area contributed by atoms with Crippen molar-refractivity contribution in [3.63, 3.8) is 0 Å². The zero-order chi connectivity index (χ0) is 16.9. The summed E-state index contributed by atoms with van der Waals surface area (Å²) in [5.41, 5.74) is 3.49. The van der Waals surface area contributed by atoms with Crippen LogP contribution in [0.3, 0.4) is 0 Å². The summed E-state index contributed by atoms with van der Waals surface area (Å²) in [7, 11) is 0. The third-order valence-corrected chi connectivity index (χ3v) is 3.95. The summed E-state index contributed by atoms with van der Waals surface area (Å²) >= 11 is 0. The number of benzene rings is 2. The highest BCUT2D eigenvalue weighted by Gasteiger charge is 2.20. The molecule has 2 aromatic carbocycles. The highest BCUT2D eigenvalue weighted by molar-refractivity contribution is 5.95. The number of fused-ring (bicyclic) bond motifs is 2. The van der Waals surface area contributed by atoms with Crippen molar-refractivity contribution in [1.29, 1.82) is 0 Å². The summed E-state index contributed by atoms with van der Waals surface area (Å²) in [4.78, 5) is 25.1. The van der Waals surface area contributed by atoms with Crippen LogP contribution in [0.15, 0.2) is 48.5 Å². The lowest BCUT2D eigenvalue weighted by Gasteiger charge is -2.26. The van der Waals surface area contributed by atoms with Crippen molar-refractivity contribution >= 4 is 17.6 Å². The number of hydrogen-bond acceptors (Lipinski definition) is 2. The normalized spacial score (nSPS) is 12.1. The third kappa shape index (κ3) is 3.47. The summed E-state index contributed by atoms with van der Waals surface area (Å²) in [6.45, 7) is 0.438. The van der Waals surface area contributed by atoms with E-state index in [-0.39, 0.29) is 18.7 Å². The molecule has 0 radical (unpaired) electrons. The molecule has 1 amide bonds. The van der Waals surface area contributed by atoms with Crippen LogP contribution in [0.1, 0.15) is 36.0 Å². The molecule has 0 bridgehead atoms. The summed E-state index contributed by atoms with van der Waals surface area (Å²) in [5.74, 6) is 5.35. The van der Waals surface area contributed by atoms with Crippen molar-refractivity contribution < 1.29 is 14.7 Å². The third-order valence-electron chi connectivity index (χ3n) is 3.95. The second-order valence-corrected chi connectivity index (χ2v) is 5.65. The molecule has 24 heavy (non-hydrogen) atoms. The van der Waals surface area contributed by atoms with Gasteiger partial charge in [0.1, 0.15) is 0 Å². The quantitative estimate of drug-likeness (QED) is 0.881. The first kappa shape index (κ1) is 15.8. The number of aliphatic carboxylic acids is 1. The van der Waals surface area contributed by atoms with Gasteiger partial charge in [0.15, 0.2) is 0 Å². The predicted molar refractivity (Wildman–Crippen MR) is 91.5 cm³/mol. The maximum atomic E-state index is 12.7. The molecule has 0 unspecified atom stereocenters. The Labute approximate surface area is 140 Å². The standard InChI is InChI=1S/C20H17NO3/c22-19(10-5-11-20(23)24)21-14-17-8-2-1-6-15(17)12-13-16-7-3-4-9-18(16)21/h1-4,6-9H,5,10-11,14H2,(H,23,24). The number of nitrogens with zero attached hydrogens (tertiary/aromatic N) is 1. The van der Waals surface area contributed by atoms with E-state index in [4.69, 9.17) is 5.11 Å². The van der Waals surface area contributed by atoms with Gasteiger partial charge in [-0.05, 0) is 30.2 Å². The number of carboxylic acids is 1. The topological polar surface area (TPSA) is 57.6 Å².